The maximum absolute atomic E-state index is 13.5. The predicted octanol–water partition coefficient (Wildman–Crippen LogP) is 7.03. The van der Waals surface area contributed by atoms with Gasteiger partial charge < -0.3 is 30.5 Å². The number of benzene rings is 3. The molecule has 0 atom stereocenters. The Balaban J connectivity index is 1.68. The highest BCUT2D eigenvalue weighted by Crippen LogP contribution is 2.39. The van der Waals surface area contributed by atoms with Crippen LogP contribution in [0.2, 0.25) is 0 Å². The van der Waals surface area contributed by atoms with Crippen molar-refractivity contribution in [2.45, 2.75) is 47.0 Å². The van der Waals surface area contributed by atoms with E-state index in [-0.39, 0.29) is 16.9 Å². The molecule has 3 N–H and O–H groups in total. The molecule has 0 spiro atoms. The number of aryl methyl sites for hydroxylation is 1. The lowest BCUT2D eigenvalue weighted by atomic mass is 9.86. The summed E-state index contributed by atoms with van der Waals surface area (Å²) in [5, 5.41) is 10.5. The lowest BCUT2D eigenvalue weighted by Crippen LogP contribution is -2.39. The monoisotopic (exact) mass is 624 g/mol. The molecular formula is C36H44N6O4. The maximum atomic E-state index is 13.5. The third-order valence-corrected chi connectivity index (χ3v) is 7.89. The molecular weight excluding hydrogens is 580 g/mol. The fourth-order valence-electron chi connectivity index (χ4n) is 5.30. The molecule has 10 nitrogen and oxygen atoms in total. The predicted molar refractivity (Wildman–Crippen MR) is 187 cm³/mol. The number of carbonyl (C=O) groups excluding carboxylic acids is 3. The number of amides is 4. The van der Waals surface area contributed by atoms with Crippen molar-refractivity contribution in [3.63, 3.8) is 0 Å². The summed E-state index contributed by atoms with van der Waals surface area (Å²) < 4.78 is 5.67. The van der Waals surface area contributed by atoms with Crippen molar-refractivity contribution in [2.24, 2.45) is 0 Å². The molecule has 4 aromatic rings. The van der Waals surface area contributed by atoms with Crippen molar-refractivity contribution in [3.05, 3.63) is 71.9 Å². The van der Waals surface area contributed by atoms with E-state index >= 15 is 0 Å². The third-order valence-electron chi connectivity index (χ3n) is 7.89. The number of fused-ring (bicyclic) bond motifs is 1. The largest absolute Gasteiger partial charge is 0.492 e. The van der Waals surface area contributed by atoms with Crippen LogP contribution in [-0.4, -0.2) is 62.0 Å². The van der Waals surface area contributed by atoms with Crippen LogP contribution in [0.15, 0.2) is 60.7 Å². The minimum atomic E-state index is -0.781. The van der Waals surface area contributed by atoms with Gasteiger partial charge in [0.1, 0.15) is 5.82 Å². The number of hydrogen-bond acceptors (Lipinski definition) is 6. The second kappa shape index (κ2) is 13.9. The molecule has 0 bridgehead atoms. The maximum Gasteiger partial charge on any atom is 0.323 e. The Morgan fingerprint density at radius 3 is 1.96 bits per heavy atom. The molecule has 4 amide bonds. The Morgan fingerprint density at radius 2 is 1.39 bits per heavy atom. The summed E-state index contributed by atoms with van der Waals surface area (Å²) in [5.74, 6) is -0.315. The number of pyridine rings is 1. The first-order valence-corrected chi connectivity index (χ1v) is 15.4. The molecule has 0 saturated heterocycles. The summed E-state index contributed by atoms with van der Waals surface area (Å²) in [4.78, 5) is 47.4. The second-order valence-corrected chi connectivity index (χ2v) is 12.3. The quantitative estimate of drug-likeness (QED) is 0.181. The molecule has 242 valence electrons. The Hall–Kier alpha value is -5.12. The molecule has 0 aliphatic carbocycles. The summed E-state index contributed by atoms with van der Waals surface area (Å²) in [6.07, 6.45) is 0. The van der Waals surface area contributed by atoms with E-state index in [1.54, 1.807) is 6.07 Å². The molecule has 10 heteroatoms. The number of nitrogens with zero attached hydrogens (tertiary/aromatic N) is 3. The van der Waals surface area contributed by atoms with Crippen LogP contribution in [0.25, 0.3) is 21.9 Å². The van der Waals surface area contributed by atoms with E-state index in [2.05, 4.69) is 22.0 Å². The Labute approximate surface area is 271 Å². The van der Waals surface area contributed by atoms with Gasteiger partial charge in [0, 0.05) is 43.8 Å². The van der Waals surface area contributed by atoms with E-state index in [0.717, 1.165) is 39.0 Å². The number of hydrogen-bond donors (Lipinski definition) is 3. The van der Waals surface area contributed by atoms with E-state index in [1.165, 1.54) is 12.0 Å². The zero-order valence-corrected chi connectivity index (χ0v) is 28.2. The van der Waals surface area contributed by atoms with Gasteiger partial charge in [-0.3, -0.25) is 9.59 Å². The number of likely N-dealkylation sites (N-methyl/N-ethyl adjacent to an activating group) is 1. The molecule has 0 saturated carbocycles. The molecule has 0 aliphatic rings. The van der Waals surface area contributed by atoms with Crippen molar-refractivity contribution in [1.29, 1.82) is 0 Å². The van der Waals surface area contributed by atoms with Crippen molar-refractivity contribution in [2.75, 3.05) is 55.1 Å². The van der Waals surface area contributed by atoms with Crippen LogP contribution in [0.1, 0.15) is 45.9 Å². The summed E-state index contributed by atoms with van der Waals surface area (Å²) in [6, 6.07) is 18.9. The van der Waals surface area contributed by atoms with E-state index in [1.807, 2.05) is 109 Å². The molecule has 46 heavy (non-hydrogen) atoms. The molecule has 0 fully saturated rings. The van der Waals surface area contributed by atoms with Crippen molar-refractivity contribution in [1.82, 2.24) is 9.88 Å². The first-order valence-electron chi connectivity index (χ1n) is 15.4. The van der Waals surface area contributed by atoms with Gasteiger partial charge in [0.2, 0.25) is 0 Å². The van der Waals surface area contributed by atoms with Crippen LogP contribution in [-0.2, 0) is 15.0 Å². The lowest BCUT2D eigenvalue weighted by molar-refractivity contribution is -0.142. The zero-order chi connectivity index (χ0) is 33.8. The van der Waals surface area contributed by atoms with E-state index < -0.39 is 17.8 Å². The summed E-state index contributed by atoms with van der Waals surface area (Å²) in [6.45, 7) is 12.5. The minimum Gasteiger partial charge on any atom is -0.492 e. The molecule has 4 rings (SSSR count). The van der Waals surface area contributed by atoms with E-state index in [9.17, 15) is 14.4 Å². The third kappa shape index (κ3) is 7.22. The average molecular weight is 625 g/mol. The van der Waals surface area contributed by atoms with E-state index in [0.29, 0.717) is 24.5 Å². The average Bonchev–Trinajstić information content (AvgIpc) is 3.01. The van der Waals surface area contributed by atoms with Crippen LogP contribution < -0.4 is 25.6 Å². The SMILES string of the molecule is CCN(CC)C(=O)C(=O)Nc1cc(C(C)(C)C)cc(NC(=O)Nc2ccc(-c3ccc(N(C)C)nc3C)c3ccccc23)c1OC. The molecule has 0 aliphatic heterocycles. The van der Waals surface area contributed by atoms with Crippen LogP contribution in [0.4, 0.5) is 27.7 Å². The highest BCUT2D eigenvalue weighted by Gasteiger charge is 2.25. The number of urea groups is 1. The fraction of sp³-hybridized carbons (Fsp3) is 0.333. The van der Waals surface area contributed by atoms with Gasteiger partial charge in [0.15, 0.2) is 5.75 Å². The van der Waals surface area contributed by atoms with Crippen LogP contribution in [0, 0.1) is 6.92 Å². The smallest absolute Gasteiger partial charge is 0.323 e. The van der Waals surface area contributed by atoms with E-state index in [4.69, 9.17) is 9.72 Å². The van der Waals surface area contributed by atoms with Gasteiger partial charge in [0.05, 0.1) is 24.2 Å². The molecule has 1 heterocycles. The van der Waals surface area contributed by atoms with Gasteiger partial charge in [-0.15, -0.1) is 0 Å². The molecule has 1 aromatic heterocycles. The molecule has 0 radical (unpaired) electrons. The van der Waals surface area contributed by atoms with Crippen LogP contribution in [0.5, 0.6) is 5.75 Å². The minimum absolute atomic E-state index is 0.230. The van der Waals surface area contributed by atoms with Crippen molar-refractivity contribution < 1.29 is 19.1 Å². The highest BCUT2D eigenvalue weighted by atomic mass is 16.5. The Morgan fingerprint density at radius 1 is 0.804 bits per heavy atom. The van der Waals surface area contributed by atoms with Gasteiger partial charge in [-0.25, -0.2) is 9.78 Å². The number of ether oxygens (including phenoxy) is 1. The summed E-state index contributed by atoms with van der Waals surface area (Å²) in [5.41, 5.74) is 4.67. The normalized spacial score (nSPS) is 11.2. The van der Waals surface area contributed by atoms with Crippen LogP contribution in [0.3, 0.4) is 0 Å². The summed E-state index contributed by atoms with van der Waals surface area (Å²) in [7, 11) is 5.37. The van der Waals surface area contributed by atoms with Gasteiger partial charge in [-0.05, 0) is 73.0 Å². The van der Waals surface area contributed by atoms with Crippen molar-refractivity contribution >= 4 is 51.5 Å². The van der Waals surface area contributed by atoms with Gasteiger partial charge in [-0.1, -0.05) is 51.1 Å². The topological polar surface area (TPSA) is 116 Å². The number of aromatic nitrogens is 1. The molecule has 0 unspecified atom stereocenters. The highest BCUT2D eigenvalue weighted by molar-refractivity contribution is 6.39. The number of methoxy groups -OCH3 is 1. The number of rotatable bonds is 8. The lowest BCUT2D eigenvalue weighted by Gasteiger charge is -2.24. The van der Waals surface area contributed by atoms with Gasteiger partial charge >= 0.3 is 17.8 Å². The zero-order valence-electron chi connectivity index (χ0n) is 28.2. The standard InChI is InChI=1S/C36H44N6O4/c1-10-42(11-2)34(44)33(43)38-29-20-23(36(4,5)6)21-30(32(29)46-9)40-35(45)39-28-18-16-26(25-14-12-13-15-27(25)28)24-17-19-31(41(7)8)37-22(24)3/h12-21H,10-11H2,1-9H3,(H,38,43)(H2,39,40,45). The fourth-order valence-corrected chi connectivity index (χ4v) is 5.30. The van der Waals surface area contributed by atoms with Crippen LogP contribution >= 0.6 is 0 Å². The van der Waals surface area contributed by atoms with Gasteiger partial charge in [-0.2, -0.15) is 0 Å². The van der Waals surface area contributed by atoms with Crippen molar-refractivity contribution in [3.8, 4) is 16.9 Å². The molecule has 3 aromatic carbocycles. The number of anilines is 4. The number of nitrogens with one attached hydrogen (secondary N) is 3. The first-order chi connectivity index (χ1) is 21.8. The van der Waals surface area contributed by atoms with Gasteiger partial charge in [0.25, 0.3) is 0 Å². The second-order valence-electron chi connectivity index (χ2n) is 12.3. The first kappa shape index (κ1) is 33.8. The summed E-state index contributed by atoms with van der Waals surface area (Å²) >= 11 is 0. The Kier molecular flexibility index (Phi) is 10.2. The Bertz CT molecular complexity index is 1770. The number of carbonyl (C=O) groups is 3.